The number of hydrogen-bond donors (Lipinski definition) is 2. The molecule has 5 heteroatoms. The molecule has 2 heterocycles. The monoisotopic (exact) mass is 259 g/mol. The van der Waals surface area contributed by atoms with E-state index in [0.29, 0.717) is 5.95 Å². The molecule has 1 aliphatic heterocycles. The van der Waals surface area contributed by atoms with E-state index in [2.05, 4.69) is 27.0 Å². The van der Waals surface area contributed by atoms with Gasteiger partial charge in [-0.2, -0.15) is 4.98 Å². The molecule has 1 aliphatic carbocycles. The molecule has 4 N–H and O–H groups in total. The third-order valence-corrected chi connectivity index (χ3v) is 3.90. The maximum Gasteiger partial charge on any atom is 0.222 e. The molecule has 0 saturated carbocycles. The molecule has 2 aliphatic rings. The number of aromatic nitrogens is 2. The summed E-state index contributed by atoms with van der Waals surface area (Å²) in [5.41, 5.74) is 14.1. The van der Waals surface area contributed by atoms with Gasteiger partial charge in [0.05, 0.1) is 5.69 Å². The normalized spacial score (nSPS) is 23.5. The minimum Gasteiger partial charge on any atom is -0.368 e. The summed E-state index contributed by atoms with van der Waals surface area (Å²) in [5.74, 6) is 1.28. The van der Waals surface area contributed by atoms with Crippen molar-refractivity contribution >= 4 is 17.3 Å². The predicted molar refractivity (Wildman–Crippen MR) is 77.7 cm³/mol. The lowest BCUT2D eigenvalue weighted by atomic mass is 9.97. The van der Waals surface area contributed by atoms with Crippen molar-refractivity contribution in [2.75, 3.05) is 23.7 Å². The molecule has 1 unspecified atom stereocenters. The fourth-order valence-corrected chi connectivity index (χ4v) is 2.85. The van der Waals surface area contributed by atoms with Gasteiger partial charge in [0.1, 0.15) is 5.82 Å². The highest BCUT2D eigenvalue weighted by atomic mass is 15.2. The second-order valence-electron chi connectivity index (χ2n) is 5.44. The highest BCUT2D eigenvalue weighted by molar-refractivity contribution is 5.66. The van der Waals surface area contributed by atoms with Crippen molar-refractivity contribution in [2.45, 2.75) is 38.1 Å². The van der Waals surface area contributed by atoms with Gasteiger partial charge in [-0.05, 0) is 37.7 Å². The van der Waals surface area contributed by atoms with Gasteiger partial charge in [0, 0.05) is 25.2 Å². The molecule has 0 aromatic carbocycles. The lowest BCUT2D eigenvalue weighted by Gasteiger charge is -2.19. The number of nitrogen functional groups attached to an aromatic ring is 1. The van der Waals surface area contributed by atoms with Crippen LogP contribution in [-0.4, -0.2) is 29.1 Å². The van der Waals surface area contributed by atoms with E-state index in [9.17, 15) is 0 Å². The Hall–Kier alpha value is -1.62. The van der Waals surface area contributed by atoms with Gasteiger partial charge in [-0.3, -0.25) is 0 Å². The summed E-state index contributed by atoms with van der Waals surface area (Å²) < 4.78 is 0. The molecule has 1 fully saturated rings. The van der Waals surface area contributed by atoms with Crippen molar-refractivity contribution in [3.05, 3.63) is 17.8 Å². The maximum absolute atomic E-state index is 5.95. The van der Waals surface area contributed by atoms with Gasteiger partial charge in [-0.15, -0.1) is 0 Å². The van der Waals surface area contributed by atoms with Crippen molar-refractivity contribution in [1.29, 1.82) is 0 Å². The summed E-state index contributed by atoms with van der Waals surface area (Å²) in [5, 5.41) is 0. The van der Waals surface area contributed by atoms with Gasteiger partial charge < -0.3 is 16.4 Å². The summed E-state index contributed by atoms with van der Waals surface area (Å²) in [6.45, 7) is 1.81. The van der Waals surface area contributed by atoms with Crippen LogP contribution in [0.1, 0.15) is 37.8 Å². The summed E-state index contributed by atoms with van der Waals surface area (Å²) in [6, 6.07) is 2.31. The Labute approximate surface area is 113 Å². The third kappa shape index (κ3) is 2.71. The Balaban J connectivity index is 1.89. The fourth-order valence-electron chi connectivity index (χ4n) is 2.85. The highest BCUT2D eigenvalue weighted by Gasteiger charge is 2.21. The van der Waals surface area contributed by atoms with E-state index in [-0.39, 0.29) is 6.04 Å². The van der Waals surface area contributed by atoms with Crippen LogP contribution >= 0.6 is 0 Å². The van der Waals surface area contributed by atoms with Crippen molar-refractivity contribution in [3.8, 4) is 0 Å². The van der Waals surface area contributed by atoms with E-state index in [1.54, 1.807) is 0 Å². The molecule has 0 spiro atoms. The average Bonchev–Trinajstić information content (AvgIpc) is 2.86. The smallest absolute Gasteiger partial charge is 0.222 e. The van der Waals surface area contributed by atoms with Crippen LogP contribution in [0.25, 0.3) is 5.57 Å². The molecule has 0 bridgehead atoms. The number of rotatable bonds is 2. The topological polar surface area (TPSA) is 81.1 Å². The van der Waals surface area contributed by atoms with E-state index >= 15 is 0 Å². The molecule has 1 atom stereocenters. The fraction of sp³-hybridized carbons (Fsp3) is 0.571. The molecule has 1 aromatic heterocycles. The van der Waals surface area contributed by atoms with E-state index in [1.165, 1.54) is 18.4 Å². The van der Waals surface area contributed by atoms with Crippen LogP contribution in [0.4, 0.5) is 11.8 Å². The van der Waals surface area contributed by atoms with E-state index < -0.39 is 0 Å². The van der Waals surface area contributed by atoms with E-state index in [0.717, 1.165) is 43.9 Å². The van der Waals surface area contributed by atoms with Gasteiger partial charge in [0.25, 0.3) is 0 Å². The Morgan fingerprint density at radius 2 is 2.16 bits per heavy atom. The Kier molecular flexibility index (Phi) is 3.38. The van der Waals surface area contributed by atoms with E-state index in [1.807, 2.05) is 0 Å². The van der Waals surface area contributed by atoms with Crippen molar-refractivity contribution in [3.63, 3.8) is 0 Å². The number of hydrogen-bond acceptors (Lipinski definition) is 5. The van der Waals surface area contributed by atoms with Gasteiger partial charge in [-0.1, -0.05) is 6.08 Å². The number of allylic oxidation sites excluding steroid dienone is 2. The maximum atomic E-state index is 5.95. The molecule has 3 rings (SSSR count). The number of anilines is 2. The largest absolute Gasteiger partial charge is 0.368 e. The lowest BCUT2D eigenvalue weighted by Crippen LogP contribution is -2.27. The Bertz CT molecular complexity index is 497. The van der Waals surface area contributed by atoms with Crippen molar-refractivity contribution in [1.82, 2.24) is 9.97 Å². The third-order valence-electron chi connectivity index (χ3n) is 3.90. The number of nitrogens with zero attached hydrogens (tertiary/aromatic N) is 3. The molecule has 0 radical (unpaired) electrons. The molecule has 19 heavy (non-hydrogen) atoms. The van der Waals surface area contributed by atoms with Gasteiger partial charge in [-0.25, -0.2) is 4.98 Å². The van der Waals surface area contributed by atoms with Crippen LogP contribution in [0.5, 0.6) is 0 Å². The molecular weight excluding hydrogens is 238 g/mol. The molecule has 102 valence electrons. The summed E-state index contributed by atoms with van der Waals surface area (Å²) >= 11 is 0. The minimum absolute atomic E-state index is 0.244. The first-order valence-electron chi connectivity index (χ1n) is 7.07. The zero-order valence-corrected chi connectivity index (χ0v) is 11.2. The standard InChI is InChI=1S/C14H21N5/c15-11-6-7-19(9-11)13-8-12(17-14(16)18-13)10-4-2-1-3-5-10/h4,8,11H,1-3,5-7,9,15H2,(H2,16,17,18). The highest BCUT2D eigenvalue weighted by Crippen LogP contribution is 2.28. The van der Waals surface area contributed by atoms with Crippen LogP contribution in [0.2, 0.25) is 0 Å². The zero-order valence-electron chi connectivity index (χ0n) is 11.2. The van der Waals surface area contributed by atoms with Gasteiger partial charge in [0.2, 0.25) is 5.95 Å². The van der Waals surface area contributed by atoms with Crippen molar-refractivity contribution in [2.24, 2.45) is 5.73 Å². The van der Waals surface area contributed by atoms with Crippen molar-refractivity contribution < 1.29 is 0 Å². The first kappa shape index (κ1) is 12.4. The second-order valence-corrected chi connectivity index (χ2v) is 5.44. The quantitative estimate of drug-likeness (QED) is 0.842. The number of nitrogens with two attached hydrogens (primary N) is 2. The Morgan fingerprint density at radius 1 is 1.26 bits per heavy atom. The van der Waals surface area contributed by atoms with Crippen LogP contribution in [0, 0.1) is 0 Å². The molecule has 5 nitrogen and oxygen atoms in total. The second kappa shape index (κ2) is 5.17. The minimum atomic E-state index is 0.244. The van der Waals surface area contributed by atoms with Crippen LogP contribution < -0.4 is 16.4 Å². The SMILES string of the molecule is Nc1nc(C2=CCCCC2)cc(N2CCC(N)C2)n1. The first-order chi connectivity index (χ1) is 9.22. The van der Waals surface area contributed by atoms with Crippen LogP contribution in [0.3, 0.4) is 0 Å². The molecular formula is C14H21N5. The summed E-state index contributed by atoms with van der Waals surface area (Å²) in [6.07, 6.45) is 8.04. The molecule has 1 saturated heterocycles. The summed E-state index contributed by atoms with van der Waals surface area (Å²) in [7, 11) is 0. The van der Waals surface area contributed by atoms with Crippen LogP contribution in [-0.2, 0) is 0 Å². The lowest BCUT2D eigenvalue weighted by molar-refractivity contribution is 0.739. The summed E-state index contributed by atoms with van der Waals surface area (Å²) in [4.78, 5) is 10.9. The predicted octanol–water partition coefficient (Wildman–Crippen LogP) is 1.55. The van der Waals surface area contributed by atoms with Crippen LogP contribution in [0.15, 0.2) is 12.1 Å². The first-order valence-corrected chi connectivity index (χ1v) is 7.07. The zero-order chi connectivity index (χ0) is 13.2. The van der Waals surface area contributed by atoms with Gasteiger partial charge in [0.15, 0.2) is 0 Å². The average molecular weight is 259 g/mol. The van der Waals surface area contributed by atoms with Gasteiger partial charge >= 0.3 is 0 Å². The molecule has 0 amide bonds. The van der Waals surface area contributed by atoms with E-state index in [4.69, 9.17) is 11.5 Å². The Morgan fingerprint density at radius 3 is 2.84 bits per heavy atom. The molecule has 1 aromatic rings.